The number of aromatic nitrogens is 1. The van der Waals surface area contributed by atoms with Crippen molar-refractivity contribution in [2.24, 2.45) is 0 Å². The largest absolute Gasteiger partial charge is 0.508 e. The molecule has 1 aromatic heterocycles. The number of hydrogen-bond donors (Lipinski definition) is 1. The van der Waals surface area contributed by atoms with Crippen molar-refractivity contribution in [1.29, 1.82) is 0 Å². The molecule has 4 heteroatoms. The van der Waals surface area contributed by atoms with Crippen molar-refractivity contribution < 1.29 is 9.84 Å². The van der Waals surface area contributed by atoms with Gasteiger partial charge >= 0.3 is 0 Å². The zero-order valence-corrected chi connectivity index (χ0v) is 15.3. The van der Waals surface area contributed by atoms with E-state index in [0.717, 1.165) is 36.3 Å². The third-order valence-corrected chi connectivity index (χ3v) is 5.15. The molecule has 1 N–H and O–H groups in total. The summed E-state index contributed by atoms with van der Waals surface area (Å²) in [6, 6.07) is 15.7. The summed E-state index contributed by atoms with van der Waals surface area (Å²) in [6.45, 7) is 6.58. The van der Waals surface area contributed by atoms with Crippen LogP contribution in [0.25, 0.3) is 10.9 Å². The molecule has 1 aliphatic rings. The van der Waals surface area contributed by atoms with Crippen molar-refractivity contribution in [3.05, 3.63) is 65.4 Å². The van der Waals surface area contributed by atoms with Gasteiger partial charge in [-0.25, -0.2) is 0 Å². The molecule has 1 fully saturated rings. The highest BCUT2D eigenvalue weighted by Crippen LogP contribution is 2.35. The van der Waals surface area contributed by atoms with Gasteiger partial charge in [-0.1, -0.05) is 37.3 Å². The van der Waals surface area contributed by atoms with Gasteiger partial charge in [-0.05, 0) is 42.7 Å². The molecule has 3 aromatic rings. The number of nitrogens with zero attached hydrogens (tertiary/aromatic N) is 2. The summed E-state index contributed by atoms with van der Waals surface area (Å²) in [7, 11) is 0. The first-order chi connectivity index (χ1) is 12.7. The van der Waals surface area contributed by atoms with Gasteiger partial charge in [0, 0.05) is 24.2 Å². The second-order valence-electron chi connectivity index (χ2n) is 6.80. The first kappa shape index (κ1) is 16.9. The number of ether oxygens (including phenoxy) is 1. The highest BCUT2D eigenvalue weighted by molar-refractivity contribution is 5.94. The number of morpholine rings is 1. The van der Waals surface area contributed by atoms with Gasteiger partial charge in [0.2, 0.25) is 0 Å². The number of aryl methyl sites for hydroxylation is 1. The van der Waals surface area contributed by atoms with Crippen molar-refractivity contribution in [3.63, 3.8) is 0 Å². The zero-order chi connectivity index (χ0) is 18.1. The number of phenols is 1. The van der Waals surface area contributed by atoms with E-state index in [4.69, 9.17) is 9.72 Å². The smallest absolute Gasteiger partial charge is 0.115 e. The Balaban J connectivity index is 1.77. The van der Waals surface area contributed by atoms with E-state index in [-0.39, 0.29) is 11.9 Å². The number of pyridine rings is 1. The van der Waals surface area contributed by atoms with Gasteiger partial charge in [0.05, 0.1) is 17.8 Å². The van der Waals surface area contributed by atoms with E-state index in [2.05, 4.69) is 36.9 Å². The van der Waals surface area contributed by atoms with E-state index in [1.54, 1.807) is 12.1 Å². The quantitative estimate of drug-likeness (QED) is 0.762. The van der Waals surface area contributed by atoms with Crippen LogP contribution >= 0.6 is 0 Å². The van der Waals surface area contributed by atoms with E-state index >= 15 is 0 Å². The van der Waals surface area contributed by atoms with Crippen LogP contribution in [0.3, 0.4) is 0 Å². The maximum absolute atomic E-state index is 9.81. The zero-order valence-electron chi connectivity index (χ0n) is 15.3. The number of phenolic OH excluding ortho intramolecular Hbond substituents is 1. The Morgan fingerprint density at radius 2 is 2.04 bits per heavy atom. The monoisotopic (exact) mass is 348 g/mol. The average Bonchev–Trinajstić information content (AvgIpc) is 2.67. The molecule has 0 aliphatic carbocycles. The molecule has 1 aliphatic heterocycles. The lowest BCUT2D eigenvalue weighted by atomic mass is 10.0. The van der Waals surface area contributed by atoms with Crippen molar-refractivity contribution in [2.45, 2.75) is 26.4 Å². The van der Waals surface area contributed by atoms with Gasteiger partial charge in [-0.15, -0.1) is 0 Å². The highest BCUT2D eigenvalue weighted by Gasteiger charge is 2.26. The van der Waals surface area contributed by atoms with Gasteiger partial charge in [0.15, 0.2) is 0 Å². The van der Waals surface area contributed by atoms with Crippen molar-refractivity contribution >= 4 is 16.6 Å². The minimum atomic E-state index is -0.0483. The molecule has 1 unspecified atom stereocenters. The molecule has 0 spiro atoms. The molecule has 2 aromatic carbocycles. The number of fused-ring (bicyclic) bond motifs is 1. The summed E-state index contributed by atoms with van der Waals surface area (Å²) >= 11 is 0. The second-order valence-corrected chi connectivity index (χ2v) is 6.80. The molecule has 4 rings (SSSR count). The number of para-hydroxylation sites is 1. The van der Waals surface area contributed by atoms with Crippen LogP contribution in [0, 0.1) is 6.92 Å². The summed E-state index contributed by atoms with van der Waals surface area (Å²) in [5, 5.41) is 11.0. The first-order valence-corrected chi connectivity index (χ1v) is 9.21. The van der Waals surface area contributed by atoms with Crippen LogP contribution in [0.4, 0.5) is 5.69 Å². The Morgan fingerprint density at radius 3 is 2.85 bits per heavy atom. The number of aromatic hydroxyl groups is 1. The van der Waals surface area contributed by atoms with E-state index < -0.39 is 0 Å². The van der Waals surface area contributed by atoms with Crippen LogP contribution in [0.15, 0.2) is 48.5 Å². The fourth-order valence-electron chi connectivity index (χ4n) is 3.92. The van der Waals surface area contributed by atoms with Crippen molar-refractivity contribution in [1.82, 2.24) is 4.98 Å². The third-order valence-electron chi connectivity index (χ3n) is 5.15. The molecular weight excluding hydrogens is 324 g/mol. The van der Waals surface area contributed by atoms with E-state index in [1.165, 1.54) is 16.6 Å². The van der Waals surface area contributed by atoms with Gasteiger partial charge < -0.3 is 14.7 Å². The molecule has 1 saturated heterocycles. The molecule has 0 bridgehead atoms. The predicted molar refractivity (Wildman–Crippen MR) is 105 cm³/mol. The summed E-state index contributed by atoms with van der Waals surface area (Å²) in [5.41, 5.74) is 5.74. The van der Waals surface area contributed by atoms with Gasteiger partial charge in [-0.2, -0.15) is 0 Å². The Morgan fingerprint density at radius 1 is 1.19 bits per heavy atom. The molecular formula is C22H24N2O2. The molecule has 134 valence electrons. The molecule has 0 radical (unpaired) electrons. The van der Waals surface area contributed by atoms with E-state index in [9.17, 15) is 5.11 Å². The average molecular weight is 348 g/mol. The maximum atomic E-state index is 9.81. The SMILES string of the molecule is CCc1c(C)nc2ccccc2c1N1CCOC(c2cccc(O)c2)C1. The Hall–Kier alpha value is -2.59. The van der Waals surface area contributed by atoms with Crippen LogP contribution in [-0.2, 0) is 11.2 Å². The highest BCUT2D eigenvalue weighted by atomic mass is 16.5. The predicted octanol–water partition coefficient (Wildman–Crippen LogP) is 4.39. The Kier molecular flexibility index (Phi) is 4.51. The number of benzene rings is 2. The van der Waals surface area contributed by atoms with E-state index in [0.29, 0.717) is 6.61 Å². The van der Waals surface area contributed by atoms with Crippen LogP contribution in [0.1, 0.15) is 29.8 Å². The Labute approximate surface area is 154 Å². The Bertz CT molecular complexity index is 939. The van der Waals surface area contributed by atoms with Crippen molar-refractivity contribution in [2.75, 3.05) is 24.6 Å². The lowest BCUT2D eigenvalue weighted by Gasteiger charge is -2.36. The van der Waals surface area contributed by atoms with E-state index in [1.807, 2.05) is 18.2 Å². The standard InChI is InChI=1S/C22H24N2O2/c1-3-18-15(2)23-20-10-5-4-9-19(20)22(18)24-11-12-26-21(14-24)16-7-6-8-17(25)13-16/h4-10,13,21,25H,3,11-12,14H2,1-2H3. The lowest BCUT2D eigenvalue weighted by Crippen LogP contribution is -2.39. The van der Waals surface area contributed by atoms with Gasteiger partial charge in [-0.3, -0.25) is 4.98 Å². The minimum Gasteiger partial charge on any atom is -0.508 e. The molecule has 0 saturated carbocycles. The molecule has 2 heterocycles. The topological polar surface area (TPSA) is 45.6 Å². The van der Waals surface area contributed by atoms with Crippen LogP contribution in [0.5, 0.6) is 5.75 Å². The maximum Gasteiger partial charge on any atom is 0.115 e. The first-order valence-electron chi connectivity index (χ1n) is 9.21. The normalized spacial score (nSPS) is 17.6. The third kappa shape index (κ3) is 3.01. The van der Waals surface area contributed by atoms with Crippen LogP contribution < -0.4 is 4.90 Å². The minimum absolute atomic E-state index is 0.0483. The number of rotatable bonds is 3. The summed E-state index contributed by atoms with van der Waals surface area (Å²) in [6.07, 6.45) is 0.903. The fraction of sp³-hybridized carbons (Fsp3) is 0.318. The lowest BCUT2D eigenvalue weighted by molar-refractivity contribution is 0.0397. The molecule has 4 nitrogen and oxygen atoms in total. The fourth-order valence-corrected chi connectivity index (χ4v) is 3.92. The summed E-state index contributed by atoms with van der Waals surface area (Å²) in [5.74, 6) is 0.280. The molecule has 0 amide bonds. The second kappa shape index (κ2) is 6.96. The van der Waals surface area contributed by atoms with Gasteiger partial charge in [0.25, 0.3) is 0 Å². The number of anilines is 1. The summed E-state index contributed by atoms with van der Waals surface area (Å²) in [4.78, 5) is 7.22. The molecule has 1 atom stereocenters. The van der Waals surface area contributed by atoms with Crippen molar-refractivity contribution in [3.8, 4) is 5.75 Å². The summed E-state index contributed by atoms with van der Waals surface area (Å²) < 4.78 is 6.02. The van der Waals surface area contributed by atoms with Crippen LogP contribution in [0.2, 0.25) is 0 Å². The van der Waals surface area contributed by atoms with Crippen LogP contribution in [-0.4, -0.2) is 29.8 Å². The molecule has 26 heavy (non-hydrogen) atoms. The number of hydrogen-bond acceptors (Lipinski definition) is 4. The van der Waals surface area contributed by atoms with Gasteiger partial charge in [0.1, 0.15) is 11.9 Å².